The average molecular weight is 501 g/mol. The largest absolute Gasteiger partial charge is 0.493 e. The quantitative estimate of drug-likeness (QED) is 0.406. The van der Waals surface area contributed by atoms with E-state index < -0.39 is 6.04 Å². The van der Waals surface area contributed by atoms with Gasteiger partial charge < -0.3 is 29.6 Å². The lowest BCUT2D eigenvalue weighted by atomic mass is 9.78. The molecule has 1 aliphatic carbocycles. The molecular formula is C30H32N2O5. The molecule has 1 heterocycles. The summed E-state index contributed by atoms with van der Waals surface area (Å²) in [4.78, 5) is 13.9. The fourth-order valence-electron chi connectivity index (χ4n) is 5.31. The molecule has 0 aromatic heterocycles. The molecule has 3 aromatic rings. The minimum Gasteiger partial charge on any atom is -0.493 e. The Morgan fingerprint density at radius 2 is 1.62 bits per heavy atom. The van der Waals surface area contributed by atoms with Gasteiger partial charge in [0.1, 0.15) is 0 Å². The fraction of sp³-hybridized carbons (Fsp3) is 0.300. The molecule has 2 N–H and O–H groups in total. The van der Waals surface area contributed by atoms with Gasteiger partial charge in [0, 0.05) is 23.3 Å². The number of ketones is 1. The number of rotatable bonds is 7. The Labute approximate surface area is 217 Å². The van der Waals surface area contributed by atoms with Gasteiger partial charge in [0.25, 0.3) is 0 Å². The van der Waals surface area contributed by atoms with Gasteiger partial charge in [-0.05, 0) is 55.2 Å². The van der Waals surface area contributed by atoms with Crippen molar-refractivity contribution >= 4 is 17.2 Å². The summed E-state index contributed by atoms with van der Waals surface area (Å²) in [5.74, 6) is 2.69. The zero-order valence-corrected chi connectivity index (χ0v) is 21.6. The molecule has 192 valence electrons. The first-order chi connectivity index (χ1) is 18.1. The minimum atomic E-state index is -0.403. The van der Waals surface area contributed by atoms with Gasteiger partial charge in [-0.25, -0.2) is 0 Å². The average Bonchev–Trinajstić information content (AvgIpc) is 3.09. The maximum Gasteiger partial charge on any atom is 0.166 e. The normalized spacial score (nSPS) is 18.5. The van der Waals surface area contributed by atoms with Gasteiger partial charge in [-0.3, -0.25) is 4.79 Å². The van der Waals surface area contributed by atoms with Crippen LogP contribution < -0.4 is 29.6 Å². The summed E-state index contributed by atoms with van der Waals surface area (Å²) < 4.78 is 22.6. The molecule has 7 heteroatoms. The molecule has 5 rings (SSSR count). The number of ether oxygens (including phenoxy) is 4. The standard InChI is InChI=1S/C30H32N2O5/c1-5-37-25-14-13-18(17-27(25)35-3)19-15-23-28(24(33)16-19)29(32-22-11-7-6-10-21(22)31-23)20-9-8-12-26(34-2)30(20)36-4/h6-14,17,19,29,31-32H,5,15-16H2,1-4H3/t19-,29-/m1/s1. The number of fused-ring (bicyclic) bond motifs is 1. The highest BCUT2D eigenvalue weighted by Gasteiger charge is 2.37. The highest BCUT2D eigenvalue weighted by Crippen LogP contribution is 2.47. The topological polar surface area (TPSA) is 78.1 Å². The van der Waals surface area contributed by atoms with Crippen molar-refractivity contribution in [1.82, 2.24) is 0 Å². The molecule has 3 aromatic carbocycles. The van der Waals surface area contributed by atoms with Crippen molar-refractivity contribution in [2.75, 3.05) is 38.6 Å². The SMILES string of the molecule is CCOc1ccc([C@H]2CC(=O)C3=C(C2)Nc2ccccc2N[C@@H]3c2cccc(OC)c2OC)cc1OC. The Bertz CT molecular complexity index is 1350. The predicted octanol–water partition coefficient (Wildman–Crippen LogP) is 6.09. The monoisotopic (exact) mass is 500 g/mol. The summed E-state index contributed by atoms with van der Waals surface area (Å²) in [6, 6.07) is 19.3. The van der Waals surface area contributed by atoms with Crippen molar-refractivity contribution < 1.29 is 23.7 Å². The fourth-order valence-corrected chi connectivity index (χ4v) is 5.31. The van der Waals surface area contributed by atoms with Gasteiger partial charge in [0.15, 0.2) is 28.8 Å². The number of carbonyl (C=O) groups is 1. The molecular weight excluding hydrogens is 468 g/mol. The van der Waals surface area contributed by atoms with E-state index in [1.807, 2.05) is 67.6 Å². The van der Waals surface area contributed by atoms with Crippen LogP contribution in [0.3, 0.4) is 0 Å². The summed E-state index contributed by atoms with van der Waals surface area (Å²) in [5, 5.41) is 7.20. The molecule has 2 atom stereocenters. The van der Waals surface area contributed by atoms with Crippen molar-refractivity contribution in [3.8, 4) is 23.0 Å². The van der Waals surface area contributed by atoms with E-state index in [0.29, 0.717) is 42.4 Å². The van der Waals surface area contributed by atoms with E-state index in [9.17, 15) is 4.79 Å². The van der Waals surface area contributed by atoms with Crippen LogP contribution in [-0.2, 0) is 4.79 Å². The number of benzene rings is 3. The van der Waals surface area contributed by atoms with Crippen LogP contribution in [0, 0.1) is 0 Å². The second kappa shape index (κ2) is 10.5. The van der Waals surface area contributed by atoms with Gasteiger partial charge >= 0.3 is 0 Å². The zero-order valence-electron chi connectivity index (χ0n) is 21.6. The van der Waals surface area contributed by atoms with Crippen molar-refractivity contribution in [2.45, 2.75) is 31.7 Å². The first-order valence-corrected chi connectivity index (χ1v) is 12.5. The minimum absolute atomic E-state index is 0.00134. The summed E-state index contributed by atoms with van der Waals surface area (Å²) in [7, 11) is 4.87. The number of carbonyl (C=O) groups excluding carboxylic acids is 1. The third kappa shape index (κ3) is 4.57. The molecule has 0 radical (unpaired) electrons. The Hall–Kier alpha value is -4.13. The molecule has 0 bridgehead atoms. The van der Waals surface area contributed by atoms with Crippen LogP contribution in [0.2, 0.25) is 0 Å². The molecule has 0 saturated heterocycles. The molecule has 0 saturated carbocycles. The number of hydrogen-bond acceptors (Lipinski definition) is 7. The maximum atomic E-state index is 13.9. The summed E-state index contributed by atoms with van der Waals surface area (Å²) in [6.07, 6.45) is 1.06. The van der Waals surface area contributed by atoms with Crippen LogP contribution in [0.15, 0.2) is 71.9 Å². The second-order valence-electron chi connectivity index (χ2n) is 9.09. The Balaban J connectivity index is 1.60. The third-order valence-corrected chi connectivity index (χ3v) is 7.01. The maximum absolute atomic E-state index is 13.9. The lowest BCUT2D eigenvalue weighted by Gasteiger charge is -2.31. The first-order valence-electron chi connectivity index (χ1n) is 12.5. The van der Waals surface area contributed by atoms with E-state index in [-0.39, 0.29) is 11.7 Å². The van der Waals surface area contributed by atoms with E-state index in [2.05, 4.69) is 10.6 Å². The van der Waals surface area contributed by atoms with Crippen molar-refractivity contribution in [3.63, 3.8) is 0 Å². The summed E-state index contributed by atoms with van der Waals surface area (Å²) in [6.45, 7) is 2.50. The molecule has 0 unspecified atom stereocenters. The van der Waals surface area contributed by atoms with Crippen LogP contribution in [-0.4, -0.2) is 33.7 Å². The summed E-state index contributed by atoms with van der Waals surface area (Å²) >= 11 is 0. The highest BCUT2D eigenvalue weighted by molar-refractivity contribution is 6.01. The van der Waals surface area contributed by atoms with E-state index in [1.54, 1.807) is 21.3 Å². The Morgan fingerprint density at radius 3 is 2.35 bits per heavy atom. The van der Waals surface area contributed by atoms with Crippen molar-refractivity contribution in [3.05, 3.63) is 83.1 Å². The van der Waals surface area contributed by atoms with Crippen molar-refractivity contribution in [2.24, 2.45) is 0 Å². The Kier molecular flexibility index (Phi) is 6.95. The summed E-state index contributed by atoms with van der Waals surface area (Å²) in [5.41, 5.74) is 5.36. The van der Waals surface area contributed by atoms with Gasteiger partial charge in [-0.15, -0.1) is 0 Å². The molecule has 0 amide bonds. The number of hydrogen-bond donors (Lipinski definition) is 2. The zero-order chi connectivity index (χ0) is 25.9. The third-order valence-electron chi connectivity index (χ3n) is 7.01. The van der Waals surface area contributed by atoms with E-state index >= 15 is 0 Å². The van der Waals surface area contributed by atoms with E-state index in [0.717, 1.165) is 33.8 Å². The molecule has 37 heavy (non-hydrogen) atoms. The predicted molar refractivity (Wildman–Crippen MR) is 144 cm³/mol. The van der Waals surface area contributed by atoms with E-state index in [1.165, 1.54) is 0 Å². The lowest BCUT2D eigenvalue weighted by Crippen LogP contribution is -2.27. The molecule has 1 aliphatic heterocycles. The van der Waals surface area contributed by atoms with Crippen LogP contribution in [0.1, 0.15) is 42.9 Å². The number of anilines is 2. The first kappa shape index (κ1) is 24.6. The van der Waals surface area contributed by atoms with E-state index in [4.69, 9.17) is 18.9 Å². The van der Waals surface area contributed by atoms with Crippen LogP contribution in [0.25, 0.3) is 0 Å². The molecule has 0 spiro atoms. The Morgan fingerprint density at radius 1 is 0.838 bits per heavy atom. The molecule has 0 fully saturated rings. The number of nitrogens with one attached hydrogen (secondary N) is 2. The van der Waals surface area contributed by atoms with Crippen LogP contribution >= 0.6 is 0 Å². The van der Waals surface area contributed by atoms with Gasteiger partial charge in [-0.1, -0.05) is 30.3 Å². The van der Waals surface area contributed by atoms with Crippen LogP contribution in [0.4, 0.5) is 11.4 Å². The lowest BCUT2D eigenvalue weighted by molar-refractivity contribution is -0.116. The highest BCUT2D eigenvalue weighted by atomic mass is 16.5. The van der Waals surface area contributed by atoms with Gasteiger partial charge in [-0.2, -0.15) is 0 Å². The number of para-hydroxylation sites is 3. The number of Topliss-reactive ketones (excluding diaryl/α,β-unsaturated/α-hetero) is 1. The smallest absolute Gasteiger partial charge is 0.166 e. The van der Waals surface area contributed by atoms with Gasteiger partial charge in [0.2, 0.25) is 0 Å². The molecule has 2 aliphatic rings. The van der Waals surface area contributed by atoms with Gasteiger partial charge in [0.05, 0.1) is 45.4 Å². The van der Waals surface area contributed by atoms with Crippen molar-refractivity contribution in [1.29, 1.82) is 0 Å². The number of allylic oxidation sites excluding steroid dienone is 1. The number of methoxy groups -OCH3 is 3. The van der Waals surface area contributed by atoms with Crippen LogP contribution in [0.5, 0.6) is 23.0 Å². The molecule has 7 nitrogen and oxygen atoms in total. The second-order valence-corrected chi connectivity index (χ2v) is 9.09.